The van der Waals surface area contributed by atoms with Crippen molar-refractivity contribution in [3.05, 3.63) is 96.1 Å². The van der Waals surface area contributed by atoms with Gasteiger partial charge in [0.25, 0.3) is 10.9 Å². The lowest BCUT2D eigenvalue weighted by atomic mass is 10.0. The molecule has 0 saturated heterocycles. The maximum absolute atomic E-state index is 12.6. The molecule has 0 spiro atoms. The van der Waals surface area contributed by atoms with E-state index >= 15 is 0 Å². The maximum Gasteiger partial charge on any atom is 0.337 e. The van der Waals surface area contributed by atoms with Crippen molar-refractivity contribution >= 4 is 40.3 Å². The summed E-state index contributed by atoms with van der Waals surface area (Å²) in [7, 11) is 1.43. The number of aliphatic hydroxyl groups excluding tert-OH is 1. The quantitative estimate of drug-likeness (QED) is 0.213. The standard InChI is InChI=1S/C28H26ClN3O7/c1-4-18(21-10-5-13(2)39-21)30-23-24(26(34)25(23)33)31-19-8-7-17(29)16-12-32(27(35)22(16)19)20-9-6-14(38-3)11-15(20)28(36)37/h5-11,18,27,30-31,35H,4,12H2,1-3H3,(H,36,37)/t18-,27?/m1/s1. The van der Waals surface area contributed by atoms with Crippen LogP contribution in [0.1, 0.15) is 58.6 Å². The summed E-state index contributed by atoms with van der Waals surface area (Å²) in [6, 6.07) is 11.1. The van der Waals surface area contributed by atoms with Gasteiger partial charge in [-0.3, -0.25) is 9.59 Å². The van der Waals surface area contributed by atoms with Crippen molar-refractivity contribution in [3.8, 4) is 5.75 Å². The molecule has 1 aliphatic heterocycles. The first-order valence-corrected chi connectivity index (χ1v) is 12.6. The van der Waals surface area contributed by atoms with Crippen LogP contribution in [0.4, 0.5) is 22.7 Å². The summed E-state index contributed by atoms with van der Waals surface area (Å²) in [5.41, 5.74) is 0.353. The number of hydrogen-bond donors (Lipinski definition) is 4. The second-order valence-electron chi connectivity index (χ2n) is 9.26. The number of aromatic carboxylic acids is 1. The number of hydrogen-bond acceptors (Lipinski definition) is 9. The predicted octanol–water partition coefficient (Wildman–Crippen LogP) is 4.86. The molecule has 1 unspecified atom stereocenters. The molecule has 5 rings (SSSR count). The monoisotopic (exact) mass is 551 g/mol. The van der Waals surface area contributed by atoms with Crippen molar-refractivity contribution in [2.24, 2.45) is 0 Å². The number of nitrogens with zero attached hydrogens (tertiary/aromatic N) is 1. The van der Waals surface area contributed by atoms with Crippen molar-refractivity contribution in [1.82, 2.24) is 0 Å². The van der Waals surface area contributed by atoms with E-state index in [1.54, 1.807) is 24.3 Å². The Kier molecular flexibility index (Phi) is 6.83. The predicted molar refractivity (Wildman–Crippen MR) is 147 cm³/mol. The number of halogens is 1. The van der Waals surface area contributed by atoms with Gasteiger partial charge in [0.2, 0.25) is 0 Å². The lowest BCUT2D eigenvalue weighted by molar-refractivity contribution is 0.0696. The minimum absolute atomic E-state index is 0.0560. The Labute approximate surface area is 228 Å². The molecule has 0 fully saturated rings. The molecule has 39 heavy (non-hydrogen) atoms. The lowest BCUT2D eigenvalue weighted by Gasteiger charge is -2.26. The third-order valence-electron chi connectivity index (χ3n) is 6.93. The number of anilines is 4. The van der Waals surface area contributed by atoms with Crippen LogP contribution in [0.25, 0.3) is 0 Å². The minimum Gasteiger partial charge on any atom is -0.497 e. The van der Waals surface area contributed by atoms with Gasteiger partial charge in [0.1, 0.15) is 28.6 Å². The van der Waals surface area contributed by atoms with Crippen LogP contribution in [-0.2, 0) is 6.54 Å². The number of carboxylic acids is 1. The van der Waals surface area contributed by atoms with Crippen LogP contribution in [0.15, 0.2) is 56.5 Å². The smallest absolute Gasteiger partial charge is 0.337 e. The highest BCUT2D eigenvalue weighted by Crippen LogP contribution is 2.45. The number of carboxylic acid groups (broad SMARTS) is 1. The van der Waals surface area contributed by atoms with Gasteiger partial charge in [0.15, 0.2) is 6.23 Å². The van der Waals surface area contributed by atoms with Gasteiger partial charge >= 0.3 is 5.97 Å². The molecule has 2 heterocycles. The molecule has 0 bridgehead atoms. The SMILES string of the molecule is CC[C@@H](Nc1c(Nc2ccc(Cl)c3c2C(O)N(c2ccc(OC)cc2C(=O)O)C3)c(=O)c1=O)c1ccc(C)o1. The van der Waals surface area contributed by atoms with E-state index in [0.717, 1.165) is 5.76 Å². The zero-order valence-corrected chi connectivity index (χ0v) is 22.1. The number of benzene rings is 2. The summed E-state index contributed by atoms with van der Waals surface area (Å²) in [5, 5.41) is 27.6. The summed E-state index contributed by atoms with van der Waals surface area (Å²) in [6.07, 6.45) is -0.687. The summed E-state index contributed by atoms with van der Waals surface area (Å²) in [6.45, 7) is 3.86. The van der Waals surface area contributed by atoms with E-state index in [1.165, 1.54) is 18.1 Å². The largest absolute Gasteiger partial charge is 0.497 e. The number of rotatable bonds is 9. The number of aryl methyl sites for hydroxylation is 1. The Balaban J connectivity index is 1.49. The number of fused-ring (bicyclic) bond motifs is 1. The van der Waals surface area contributed by atoms with Crippen molar-refractivity contribution in [3.63, 3.8) is 0 Å². The molecule has 202 valence electrons. The van der Waals surface area contributed by atoms with Crippen LogP contribution in [0.2, 0.25) is 5.02 Å². The fourth-order valence-electron chi connectivity index (χ4n) is 4.87. The van der Waals surface area contributed by atoms with Crippen LogP contribution >= 0.6 is 11.6 Å². The van der Waals surface area contributed by atoms with Gasteiger partial charge in [-0.05, 0) is 61.4 Å². The number of methoxy groups -OCH3 is 1. The third-order valence-corrected chi connectivity index (χ3v) is 7.28. The van der Waals surface area contributed by atoms with Gasteiger partial charge < -0.3 is 34.9 Å². The molecular formula is C28H26ClN3O7. The lowest BCUT2D eigenvalue weighted by Crippen LogP contribution is -2.37. The van der Waals surface area contributed by atoms with Crippen LogP contribution in [0, 0.1) is 6.92 Å². The van der Waals surface area contributed by atoms with Crippen molar-refractivity contribution in [2.75, 3.05) is 22.6 Å². The van der Waals surface area contributed by atoms with Gasteiger partial charge in [-0.1, -0.05) is 18.5 Å². The average molecular weight is 552 g/mol. The maximum atomic E-state index is 12.6. The molecule has 11 heteroatoms. The zero-order chi connectivity index (χ0) is 28.0. The Bertz CT molecular complexity index is 1650. The van der Waals surface area contributed by atoms with E-state index in [9.17, 15) is 24.6 Å². The first kappa shape index (κ1) is 26.3. The minimum atomic E-state index is -1.29. The summed E-state index contributed by atoms with van der Waals surface area (Å²) < 4.78 is 10.9. The van der Waals surface area contributed by atoms with Gasteiger partial charge in [-0.15, -0.1) is 0 Å². The van der Waals surface area contributed by atoms with E-state index in [2.05, 4.69) is 10.6 Å². The first-order valence-electron chi connectivity index (χ1n) is 12.2. The molecule has 1 aliphatic rings. The number of aliphatic hydroxyl groups is 1. The van der Waals surface area contributed by atoms with Crippen LogP contribution in [-0.4, -0.2) is 23.3 Å². The average Bonchev–Trinajstić information content (AvgIpc) is 3.52. The fourth-order valence-corrected chi connectivity index (χ4v) is 5.09. The van der Waals surface area contributed by atoms with Gasteiger partial charge in [-0.2, -0.15) is 0 Å². The van der Waals surface area contributed by atoms with Crippen LogP contribution < -0.4 is 31.1 Å². The summed E-state index contributed by atoms with van der Waals surface area (Å²) in [5.74, 6) is 0.541. The number of nitrogens with one attached hydrogen (secondary N) is 2. The van der Waals surface area contributed by atoms with E-state index in [-0.39, 0.29) is 35.2 Å². The number of furan rings is 1. The van der Waals surface area contributed by atoms with E-state index in [0.29, 0.717) is 39.8 Å². The van der Waals surface area contributed by atoms with Crippen molar-refractivity contribution < 1.29 is 24.2 Å². The van der Waals surface area contributed by atoms with E-state index in [1.807, 2.05) is 26.0 Å². The Morgan fingerprint density at radius 3 is 2.56 bits per heavy atom. The number of carbonyl (C=O) groups is 1. The van der Waals surface area contributed by atoms with Crippen molar-refractivity contribution in [2.45, 2.75) is 39.1 Å². The Hall–Kier alpha value is -4.28. The molecule has 0 aliphatic carbocycles. The van der Waals surface area contributed by atoms with Crippen LogP contribution in [0.3, 0.4) is 0 Å². The molecular weight excluding hydrogens is 526 g/mol. The molecule has 0 radical (unpaired) electrons. The molecule has 3 aromatic carbocycles. The van der Waals surface area contributed by atoms with E-state index in [4.69, 9.17) is 20.8 Å². The molecule has 0 amide bonds. The summed E-state index contributed by atoms with van der Waals surface area (Å²) in [4.78, 5) is 38.6. The summed E-state index contributed by atoms with van der Waals surface area (Å²) >= 11 is 6.47. The zero-order valence-electron chi connectivity index (χ0n) is 21.4. The van der Waals surface area contributed by atoms with Gasteiger partial charge in [0.05, 0.1) is 24.4 Å². The Morgan fingerprint density at radius 1 is 1.18 bits per heavy atom. The molecule has 1 aromatic heterocycles. The Morgan fingerprint density at radius 2 is 1.92 bits per heavy atom. The molecule has 10 nitrogen and oxygen atoms in total. The van der Waals surface area contributed by atoms with Crippen LogP contribution in [0.5, 0.6) is 5.75 Å². The molecule has 4 N–H and O–H groups in total. The highest BCUT2D eigenvalue weighted by molar-refractivity contribution is 6.31. The highest BCUT2D eigenvalue weighted by atomic mass is 35.5. The first-order chi connectivity index (χ1) is 18.6. The van der Waals surface area contributed by atoms with Crippen molar-refractivity contribution in [1.29, 1.82) is 0 Å². The van der Waals surface area contributed by atoms with Gasteiger partial charge in [-0.25, -0.2) is 4.79 Å². The normalized spacial score (nSPS) is 15.3. The molecule has 0 saturated carbocycles. The number of ether oxygens (including phenoxy) is 1. The van der Waals surface area contributed by atoms with E-state index < -0.39 is 23.1 Å². The highest BCUT2D eigenvalue weighted by Gasteiger charge is 2.36. The van der Waals surface area contributed by atoms with Gasteiger partial charge in [0, 0.05) is 22.8 Å². The molecule has 4 aromatic rings. The topological polar surface area (TPSA) is 141 Å². The third kappa shape index (κ3) is 4.51. The second kappa shape index (κ2) is 10.1. The second-order valence-corrected chi connectivity index (χ2v) is 9.67. The fraction of sp³-hybridized carbons (Fsp3) is 0.250. The molecule has 2 atom stereocenters.